The number of aromatic hydroxyl groups is 1. The van der Waals surface area contributed by atoms with E-state index in [9.17, 15) is 9.90 Å². The van der Waals surface area contributed by atoms with E-state index in [1.807, 2.05) is 32.9 Å². The third kappa shape index (κ3) is 3.03. The zero-order chi connectivity index (χ0) is 14.1. The Balaban J connectivity index is 3.17. The Morgan fingerprint density at radius 1 is 1.17 bits per heavy atom. The van der Waals surface area contributed by atoms with Crippen molar-refractivity contribution in [1.29, 1.82) is 0 Å². The first-order valence-corrected chi connectivity index (χ1v) is 6.10. The van der Waals surface area contributed by atoms with E-state index in [1.165, 1.54) is 0 Å². The Morgan fingerprint density at radius 2 is 1.72 bits per heavy atom. The van der Waals surface area contributed by atoms with Crippen molar-refractivity contribution in [3.05, 3.63) is 29.3 Å². The summed E-state index contributed by atoms with van der Waals surface area (Å²) in [6.07, 6.45) is 0.318. The molecule has 0 spiro atoms. The Kier molecular flexibility index (Phi) is 3.75. The first-order valence-electron chi connectivity index (χ1n) is 6.10. The molecule has 3 heteroatoms. The van der Waals surface area contributed by atoms with Crippen molar-refractivity contribution >= 4 is 5.97 Å². The molecule has 0 bridgehead atoms. The number of carboxylic acid groups (broad SMARTS) is 1. The lowest BCUT2D eigenvalue weighted by Gasteiger charge is -2.24. The number of rotatable bonds is 3. The predicted molar refractivity (Wildman–Crippen MR) is 71.9 cm³/mol. The van der Waals surface area contributed by atoms with E-state index in [1.54, 1.807) is 19.9 Å². The molecule has 0 aliphatic carbocycles. The van der Waals surface area contributed by atoms with Crippen molar-refractivity contribution in [2.45, 2.75) is 46.5 Å². The second kappa shape index (κ2) is 4.63. The maximum absolute atomic E-state index is 11.1. The molecule has 18 heavy (non-hydrogen) atoms. The number of hydrogen-bond acceptors (Lipinski definition) is 2. The van der Waals surface area contributed by atoms with Crippen molar-refractivity contribution in [1.82, 2.24) is 0 Å². The SMILES string of the molecule is CC(C)(Cc1cccc(C(C)(C)C)c1O)C(=O)O. The molecule has 0 radical (unpaired) electrons. The van der Waals surface area contributed by atoms with Gasteiger partial charge in [-0.25, -0.2) is 0 Å². The second-order valence-electron chi connectivity index (χ2n) is 6.43. The van der Waals surface area contributed by atoms with E-state index in [0.717, 1.165) is 5.56 Å². The van der Waals surface area contributed by atoms with Crippen LogP contribution in [0.5, 0.6) is 5.75 Å². The van der Waals surface area contributed by atoms with Crippen LogP contribution in [0.3, 0.4) is 0 Å². The van der Waals surface area contributed by atoms with E-state index in [-0.39, 0.29) is 11.2 Å². The van der Waals surface area contributed by atoms with E-state index in [0.29, 0.717) is 12.0 Å². The Hall–Kier alpha value is -1.51. The minimum atomic E-state index is -0.881. The molecule has 3 nitrogen and oxygen atoms in total. The highest BCUT2D eigenvalue weighted by Gasteiger charge is 2.29. The molecule has 100 valence electrons. The maximum Gasteiger partial charge on any atom is 0.309 e. The van der Waals surface area contributed by atoms with Gasteiger partial charge in [-0.3, -0.25) is 4.79 Å². The quantitative estimate of drug-likeness (QED) is 0.865. The van der Waals surface area contributed by atoms with Gasteiger partial charge in [-0.05, 0) is 36.8 Å². The molecule has 0 saturated carbocycles. The number of hydrogen-bond donors (Lipinski definition) is 2. The van der Waals surface area contributed by atoms with E-state index < -0.39 is 11.4 Å². The molecule has 0 saturated heterocycles. The fourth-order valence-corrected chi connectivity index (χ4v) is 1.89. The van der Waals surface area contributed by atoms with Crippen LogP contribution in [-0.4, -0.2) is 16.2 Å². The zero-order valence-electron chi connectivity index (χ0n) is 11.7. The largest absolute Gasteiger partial charge is 0.507 e. The van der Waals surface area contributed by atoms with Gasteiger partial charge in [0.25, 0.3) is 0 Å². The van der Waals surface area contributed by atoms with Gasteiger partial charge in [0, 0.05) is 0 Å². The average molecular weight is 250 g/mol. The van der Waals surface area contributed by atoms with Gasteiger partial charge >= 0.3 is 5.97 Å². The van der Waals surface area contributed by atoms with Crippen LogP contribution in [0.25, 0.3) is 0 Å². The summed E-state index contributed by atoms with van der Waals surface area (Å²) in [6.45, 7) is 9.40. The summed E-state index contributed by atoms with van der Waals surface area (Å²) in [4.78, 5) is 11.1. The molecule has 2 N–H and O–H groups in total. The zero-order valence-corrected chi connectivity index (χ0v) is 11.7. The van der Waals surface area contributed by atoms with Crippen LogP contribution in [0.4, 0.5) is 0 Å². The van der Waals surface area contributed by atoms with Crippen LogP contribution >= 0.6 is 0 Å². The second-order valence-corrected chi connectivity index (χ2v) is 6.43. The van der Waals surface area contributed by atoms with E-state index in [4.69, 9.17) is 5.11 Å². The molecule has 1 rings (SSSR count). The van der Waals surface area contributed by atoms with Crippen molar-refractivity contribution in [2.75, 3.05) is 0 Å². The number of aliphatic carboxylic acids is 1. The summed E-state index contributed by atoms with van der Waals surface area (Å²) < 4.78 is 0. The normalized spacial score (nSPS) is 12.5. The fraction of sp³-hybridized carbons (Fsp3) is 0.533. The Morgan fingerprint density at radius 3 is 2.17 bits per heavy atom. The predicted octanol–water partition coefficient (Wildman–Crippen LogP) is 3.34. The van der Waals surface area contributed by atoms with Crippen molar-refractivity contribution in [3.8, 4) is 5.75 Å². The standard InChI is InChI=1S/C15H22O3/c1-14(2,3)11-8-6-7-10(12(11)16)9-15(4,5)13(17)18/h6-8,16H,9H2,1-5H3,(H,17,18). The molecule has 0 aliphatic rings. The Bertz CT molecular complexity index is 453. The van der Waals surface area contributed by atoms with Crippen molar-refractivity contribution < 1.29 is 15.0 Å². The molecule has 1 aromatic rings. The summed E-state index contributed by atoms with van der Waals surface area (Å²) in [5, 5.41) is 19.4. The molecule has 0 unspecified atom stereocenters. The van der Waals surface area contributed by atoms with Crippen LogP contribution in [0.2, 0.25) is 0 Å². The summed E-state index contributed by atoms with van der Waals surface area (Å²) in [7, 11) is 0. The number of phenolic OH excluding ortho intramolecular Hbond substituents is 1. The summed E-state index contributed by atoms with van der Waals surface area (Å²) in [5.74, 6) is -0.637. The summed E-state index contributed by atoms with van der Waals surface area (Å²) in [6, 6.07) is 5.54. The topological polar surface area (TPSA) is 57.5 Å². The van der Waals surface area contributed by atoms with Crippen LogP contribution in [-0.2, 0) is 16.6 Å². The van der Waals surface area contributed by atoms with Crippen LogP contribution in [0.15, 0.2) is 18.2 Å². The summed E-state index contributed by atoms with van der Waals surface area (Å²) in [5.41, 5.74) is 0.498. The maximum atomic E-state index is 11.1. The monoisotopic (exact) mass is 250 g/mol. The smallest absolute Gasteiger partial charge is 0.309 e. The van der Waals surface area contributed by atoms with Gasteiger partial charge in [0.05, 0.1) is 5.41 Å². The highest BCUT2D eigenvalue weighted by atomic mass is 16.4. The third-order valence-corrected chi connectivity index (χ3v) is 3.14. The van der Waals surface area contributed by atoms with Crippen molar-refractivity contribution in [2.24, 2.45) is 5.41 Å². The molecule has 0 heterocycles. The van der Waals surface area contributed by atoms with Gasteiger partial charge in [-0.2, -0.15) is 0 Å². The van der Waals surface area contributed by atoms with Gasteiger partial charge in [-0.1, -0.05) is 39.0 Å². The van der Waals surface area contributed by atoms with Gasteiger partial charge in [-0.15, -0.1) is 0 Å². The first-order chi connectivity index (χ1) is 8.05. The molecule has 0 aromatic heterocycles. The van der Waals surface area contributed by atoms with Crippen molar-refractivity contribution in [3.63, 3.8) is 0 Å². The lowest BCUT2D eigenvalue weighted by atomic mass is 9.81. The van der Waals surface area contributed by atoms with Gasteiger partial charge in [0.2, 0.25) is 0 Å². The average Bonchev–Trinajstić information content (AvgIpc) is 2.18. The number of benzene rings is 1. The number of carboxylic acids is 1. The number of para-hydroxylation sites is 1. The minimum absolute atomic E-state index is 0.159. The van der Waals surface area contributed by atoms with Gasteiger partial charge in [0.1, 0.15) is 5.75 Å². The van der Waals surface area contributed by atoms with Crippen LogP contribution in [0.1, 0.15) is 45.7 Å². The van der Waals surface area contributed by atoms with Crippen LogP contribution in [0, 0.1) is 5.41 Å². The first kappa shape index (κ1) is 14.6. The molecular weight excluding hydrogens is 228 g/mol. The molecular formula is C15H22O3. The number of carbonyl (C=O) groups is 1. The highest BCUT2D eigenvalue weighted by Crippen LogP contribution is 2.35. The van der Waals surface area contributed by atoms with Gasteiger partial charge in [0.15, 0.2) is 0 Å². The van der Waals surface area contributed by atoms with Gasteiger partial charge < -0.3 is 10.2 Å². The molecule has 0 fully saturated rings. The molecule has 0 amide bonds. The number of phenols is 1. The Labute approximate surface area is 108 Å². The third-order valence-electron chi connectivity index (χ3n) is 3.14. The lowest BCUT2D eigenvalue weighted by Crippen LogP contribution is -2.26. The van der Waals surface area contributed by atoms with E-state index in [2.05, 4.69) is 0 Å². The van der Waals surface area contributed by atoms with Crippen LogP contribution < -0.4 is 0 Å². The highest BCUT2D eigenvalue weighted by molar-refractivity contribution is 5.74. The minimum Gasteiger partial charge on any atom is -0.507 e. The summed E-state index contributed by atoms with van der Waals surface area (Å²) >= 11 is 0. The molecule has 1 aromatic carbocycles. The molecule has 0 atom stereocenters. The fourth-order valence-electron chi connectivity index (χ4n) is 1.89. The van der Waals surface area contributed by atoms with E-state index >= 15 is 0 Å². The lowest BCUT2D eigenvalue weighted by molar-refractivity contribution is -0.146. The molecule has 0 aliphatic heterocycles.